The lowest BCUT2D eigenvalue weighted by Crippen LogP contribution is -2.27. The summed E-state index contributed by atoms with van der Waals surface area (Å²) in [5.41, 5.74) is 7.69. The lowest BCUT2D eigenvalue weighted by atomic mass is 10.1. The van der Waals surface area contributed by atoms with Crippen LogP contribution < -0.4 is 16.0 Å². The van der Waals surface area contributed by atoms with Gasteiger partial charge in [-0.2, -0.15) is 5.10 Å². The second-order valence-electron chi connectivity index (χ2n) is 4.72. The lowest BCUT2D eigenvalue weighted by Gasteiger charge is -2.12. The molecule has 2 rings (SSSR count). The monoisotopic (exact) mass is 287 g/mol. The molecule has 0 aliphatic heterocycles. The zero-order valence-electron chi connectivity index (χ0n) is 12.5. The maximum atomic E-state index is 12.1. The Morgan fingerprint density at radius 3 is 2.71 bits per heavy atom. The Bertz CT molecular complexity index is 637. The van der Waals surface area contributed by atoms with Gasteiger partial charge < -0.3 is 10.5 Å². The minimum Gasteiger partial charge on any atom is -0.493 e. The van der Waals surface area contributed by atoms with Crippen LogP contribution in [0.4, 0.5) is 0 Å². The van der Waals surface area contributed by atoms with Gasteiger partial charge in [-0.05, 0) is 31.5 Å². The molecular weight excluding hydrogens is 266 g/mol. The van der Waals surface area contributed by atoms with Crippen LogP contribution in [0.2, 0.25) is 0 Å². The molecule has 0 unspecified atom stereocenters. The van der Waals surface area contributed by atoms with Crippen LogP contribution in [0.25, 0.3) is 11.3 Å². The average molecular weight is 287 g/mol. The van der Waals surface area contributed by atoms with E-state index in [-0.39, 0.29) is 12.1 Å². The van der Waals surface area contributed by atoms with Gasteiger partial charge in [0.1, 0.15) is 5.75 Å². The molecule has 5 nitrogen and oxygen atoms in total. The summed E-state index contributed by atoms with van der Waals surface area (Å²) in [6.07, 6.45) is 0.935. The summed E-state index contributed by atoms with van der Waals surface area (Å²) >= 11 is 0. The highest BCUT2D eigenvalue weighted by Crippen LogP contribution is 2.28. The molecule has 2 N–H and O–H groups in total. The third-order valence-corrected chi connectivity index (χ3v) is 3.19. The van der Waals surface area contributed by atoms with Crippen LogP contribution in [0.3, 0.4) is 0 Å². The molecule has 0 bridgehead atoms. The molecule has 0 aliphatic carbocycles. The van der Waals surface area contributed by atoms with Gasteiger partial charge in [0.05, 0.1) is 12.3 Å². The summed E-state index contributed by atoms with van der Waals surface area (Å²) < 4.78 is 7.20. The molecule has 1 aromatic carbocycles. The number of benzene rings is 1. The van der Waals surface area contributed by atoms with Gasteiger partial charge in [0, 0.05) is 24.2 Å². The molecule has 0 saturated heterocycles. The number of nitrogens with two attached hydrogens (primary N) is 1. The van der Waals surface area contributed by atoms with E-state index in [4.69, 9.17) is 10.5 Å². The molecule has 21 heavy (non-hydrogen) atoms. The van der Waals surface area contributed by atoms with E-state index in [9.17, 15) is 4.79 Å². The first-order valence-electron chi connectivity index (χ1n) is 7.24. The minimum absolute atomic E-state index is 0.129. The van der Waals surface area contributed by atoms with Crippen molar-refractivity contribution in [1.29, 1.82) is 0 Å². The summed E-state index contributed by atoms with van der Waals surface area (Å²) in [4.78, 5) is 12.1. The maximum absolute atomic E-state index is 12.1. The number of aromatic nitrogens is 2. The van der Waals surface area contributed by atoms with E-state index in [0.29, 0.717) is 24.4 Å². The Kier molecular flexibility index (Phi) is 5.11. The fourth-order valence-electron chi connectivity index (χ4n) is 2.11. The number of hydrogen-bond acceptors (Lipinski definition) is 4. The lowest BCUT2D eigenvalue weighted by molar-refractivity contribution is 0.318. The number of aryl methyl sites for hydroxylation is 1. The van der Waals surface area contributed by atoms with Crippen LogP contribution in [0.5, 0.6) is 5.75 Å². The second kappa shape index (κ2) is 7.04. The first-order chi connectivity index (χ1) is 10.2. The fraction of sp³-hybridized carbons (Fsp3) is 0.375. The van der Waals surface area contributed by atoms with E-state index in [1.807, 2.05) is 31.2 Å². The molecule has 0 amide bonds. The molecular formula is C16H21N3O2. The Hall–Kier alpha value is -2.14. The Morgan fingerprint density at radius 1 is 1.29 bits per heavy atom. The van der Waals surface area contributed by atoms with Crippen LogP contribution in [-0.4, -0.2) is 16.4 Å². The highest BCUT2D eigenvalue weighted by Gasteiger charge is 2.12. The van der Waals surface area contributed by atoms with Crippen molar-refractivity contribution < 1.29 is 4.74 Å². The van der Waals surface area contributed by atoms with E-state index < -0.39 is 0 Å². The van der Waals surface area contributed by atoms with E-state index in [1.54, 1.807) is 6.07 Å². The summed E-state index contributed by atoms with van der Waals surface area (Å²) in [7, 11) is 0. The van der Waals surface area contributed by atoms with Gasteiger partial charge in [0.15, 0.2) is 0 Å². The van der Waals surface area contributed by atoms with Crippen LogP contribution in [-0.2, 0) is 13.1 Å². The van der Waals surface area contributed by atoms with Gasteiger partial charge in [0.25, 0.3) is 5.56 Å². The summed E-state index contributed by atoms with van der Waals surface area (Å²) in [5, 5.41) is 4.41. The largest absolute Gasteiger partial charge is 0.493 e. The maximum Gasteiger partial charge on any atom is 0.271 e. The van der Waals surface area contributed by atoms with E-state index in [2.05, 4.69) is 12.0 Å². The van der Waals surface area contributed by atoms with E-state index >= 15 is 0 Å². The second-order valence-corrected chi connectivity index (χ2v) is 4.72. The quantitative estimate of drug-likeness (QED) is 0.884. The van der Waals surface area contributed by atoms with Gasteiger partial charge >= 0.3 is 0 Å². The Morgan fingerprint density at radius 2 is 2.05 bits per heavy atom. The number of hydrogen-bond donors (Lipinski definition) is 1. The van der Waals surface area contributed by atoms with Crippen molar-refractivity contribution in [2.24, 2.45) is 5.73 Å². The van der Waals surface area contributed by atoms with Gasteiger partial charge in [-0.3, -0.25) is 4.79 Å². The van der Waals surface area contributed by atoms with Gasteiger partial charge in [-0.15, -0.1) is 0 Å². The van der Waals surface area contributed by atoms with Gasteiger partial charge in [0.2, 0.25) is 0 Å². The SMILES string of the molecule is CCCOc1ccccc1-c1cc(CN)c(=O)n(CC)n1. The van der Waals surface area contributed by atoms with Gasteiger partial charge in [-0.1, -0.05) is 19.1 Å². The van der Waals surface area contributed by atoms with Crippen molar-refractivity contribution in [3.05, 3.63) is 46.2 Å². The number of ether oxygens (including phenoxy) is 1. The molecule has 0 fully saturated rings. The molecule has 0 saturated carbocycles. The highest BCUT2D eigenvalue weighted by atomic mass is 16.5. The van der Waals surface area contributed by atoms with Crippen LogP contribution in [0.15, 0.2) is 35.1 Å². The summed E-state index contributed by atoms with van der Waals surface area (Å²) in [5.74, 6) is 0.774. The standard InChI is InChI=1S/C16H21N3O2/c1-3-9-21-15-8-6-5-7-13(15)14-10-12(11-17)16(20)19(4-2)18-14/h5-8,10H,3-4,9,11,17H2,1-2H3. The zero-order valence-corrected chi connectivity index (χ0v) is 12.5. The first-order valence-corrected chi connectivity index (χ1v) is 7.24. The number of nitrogens with zero attached hydrogens (tertiary/aromatic N) is 2. The number of para-hydroxylation sites is 1. The minimum atomic E-state index is -0.129. The predicted octanol–water partition coefficient (Wildman–Crippen LogP) is 2.18. The fourth-order valence-corrected chi connectivity index (χ4v) is 2.11. The van der Waals surface area contributed by atoms with E-state index in [1.165, 1.54) is 4.68 Å². The van der Waals surface area contributed by atoms with Crippen molar-refractivity contribution in [1.82, 2.24) is 9.78 Å². The third kappa shape index (κ3) is 3.31. The van der Waals surface area contributed by atoms with Gasteiger partial charge in [-0.25, -0.2) is 4.68 Å². The highest BCUT2D eigenvalue weighted by molar-refractivity contribution is 5.67. The van der Waals surface area contributed by atoms with Crippen LogP contribution >= 0.6 is 0 Å². The number of rotatable bonds is 6. The van der Waals surface area contributed by atoms with Crippen molar-refractivity contribution in [3.8, 4) is 17.0 Å². The van der Waals surface area contributed by atoms with Crippen LogP contribution in [0, 0.1) is 0 Å². The molecule has 0 aliphatic rings. The molecule has 0 spiro atoms. The smallest absolute Gasteiger partial charge is 0.271 e. The molecule has 1 aromatic heterocycles. The normalized spacial score (nSPS) is 10.6. The third-order valence-electron chi connectivity index (χ3n) is 3.19. The summed E-state index contributed by atoms with van der Waals surface area (Å²) in [6, 6.07) is 9.46. The van der Waals surface area contributed by atoms with Crippen molar-refractivity contribution in [2.75, 3.05) is 6.61 Å². The zero-order chi connectivity index (χ0) is 15.2. The van der Waals surface area contributed by atoms with Crippen molar-refractivity contribution >= 4 is 0 Å². The Labute approximate surface area is 124 Å². The van der Waals surface area contributed by atoms with Crippen molar-refractivity contribution in [3.63, 3.8) is 0 Å². The van der Waals surface area contributed by atoms with Crippen LogP contribution in [0.1, 0.15) is 25.8 Å². The predicted molar refractivity (Wildman–Crippen MR) is 83.3 cm³/mol. The molecule has 5 heteroatoms. The molecule has 0 atom stereocenters. The average Bonchev–Trinajstić information content (AvgIpc) is 2.53. The molecule has 1 heterocycles. The van der Waals surface area contributed by atoms with Crippen molar-refractivity contribution in [2.45, 2.75) is 33.4 Å². The van der Waals surface area contributed by atoms with E-state index in [0.717, 1.165) is 17.7 Å². The topological polar surface area (TPSA) is 70.1 Å². The molecule has 112 valence electrons. The Balaban J connectivity index is 2.54. The summed E-state index contributed by atoms with van der Waals surface area (Å²) in [6.45, 7) is 5.31. The molecule has 2 aromatic rings. The first kappa shape index (κ1) is 15.3. The molecule has 0 radical (unpaired) electrons.